The Kier molecular flexibility index (Phi) is 2.41. The smallest absolute Gasteiger partial charge is 0.139 e. The summed E-state index contributed by atoms with van der Waals surface area (Å²) in [5.74, 6) is 0.717. The molecule has 0 aliphatic carbocycles. The number of nitrogen functional groups attached to an aromatic ring is 1. The predicted octanol–water partition coefficient (Wildman–Crippen LogP) is 3.57. The van der Waals surface area contributed by atoms with E-state index in [1.807, 2.05) is 16.7 Å². The number of thiophene rings is 1. The summed E-state index contributed by atoms with van der Waals surface area (Å²) >= 11 is 1.78. The van der Waals surface area contributed by atoms with Crippen LogP contribution in [-0.2, 0) is 0 Å². The van der Waals surface area contributed by atoms with Gasteiger partial charge in [0.15, 0.2) is 0 Å². The Bertz CT molecular complexity index is 737. The number of pyridine rings is 1. The molecule has 3 rings (SSSR count). The summed E-state index contributed by atoms with van der Waals surface area (Å²) in [6, 6.07) is 6.21. The largest absolute Gasteiger partial charge is 0.383 e. The summed E-state index contributed by atoms with van der Waals surface area (Å²) in [6.45, 7) is 6.28. The molecule has 0 aromatic carbocycles. The molecule has 0 atom stereocenters. The number of hydrogen-bond donors (Lipinski definition) is 1. The maximum Gasteiger partial charge on any atom is 0.139 e. The lowest BCUT2D eigenvalue weighted by molar-refractivity contribution is 1.16. The molecule has 0 amide bonds. The first kappa shape index (κ1) is 11.3. The van der Waals surface area contributed by atoms with Gasteiger partial charge in [-0.3, -0.25) is 4.40 Å². The van der Waals surface area contributed by atoms with Crippen LogP contribution in [0.3, 0.4) is 0 Å². The molecule has 2 N–H and O–H groups in total. The van der Waals surface area contributed by atoms with Crippen molar-refractivity contribution >= 4 is 22.8 Å². The minimum Gasteiger partial charge on any atom is -0.383 e. The molecule has 3 aromatic rings. The normalized spacial score (nSPS) is 11.3. The van der Waals surface area contributed by atoms with E-state index in [0.717, 1.165) is 22.7 Å². The van der Waals surface area contributed by atoms with Crippen molar-refractivity contribution in [2.75, 3.05) is 5.73 Å². The highest BCUT2D eigenvalue weighted by atomic mass is 32.1. The van der Waals surface area contributed by atoms with Crippen LogP contribution in [-0.4, -0.2) is 9.38 Å². The van der Waals surface area contributed by atoms with Crippen LogP contribution in [0.1, 0.15) is 15.3 Å². The van der Waals surface area contributed by atoms with E-state index in [1.165, 1.54) is 15.3 Å². The molecule has 3 aromatic heterocycles. The van der Waals surface area contributed by atoms with E-state index in [2.05, 4.69) is 37.9 Å². The van der Waals surface area contributed by atoms with Crippen LogP contribution in [0.4, 0.5) is 5.82 Å². The van der Waals surface area contributed by atoms with Crippen LogP contribution >= 0.6 is 11.3 Å². The van der Waals surface area contributed by atoms with Gasteiger partial charge in [0.2, 0.25) is 0 Å². The predicted molar refractivity (Wildman–Crippen MR) is 77.1 cm³/mol. The molecule has 3 nitrogen and oxygen atoms in total. The van der Waals surface area contributed by atoms with Gasteiger partial charge < -0.3 is 5.73 Å². The fraction of sp³-hybridized carbons (Fsp3) is 0.214. The van der Waals surface area contributed by atoms with E-state index in [0.29, 0.717) is 0 Å². The van der Waals surface area contributed by atoms with Crippen molar-refractivity contribution < 1.29 is 0 Å². The van der Waals surface area contributed by atoms with E-state index in [9.17, 15) is 0 Å². The third kappa shape index (κ3) is 1.61. The Morgan fingerprint density at radius 2 is 2.00 bits per heavy atom. The van der Waals surface area contributed by atoms with Crippen molar-refractivity contribution in [1.29, 1.82) is 0 Å². The lowest BCUT2D eigenvalue weighted by Crippen LogP contribution is -1.94. The number of nitrogens with zero attached hydrogens (tertiary/aromatic N) is 2. The van der Waals surface area contributed by atoms with Crippen molar-refractivity contribution in [1.82, 2.24) is 9.38 Å². The van der Waals surface area contributed by atoms with Crippen LogP contribution in [0.2, 0.25) is 0 Å². The van der Waals surface area contributed by atoms with E-state index in [-0.39, 0.29) is 0 Å². The lowest BCUT2D eigenvalue weighted by atomic mass is 10.2. The zero-order chi connectivity index (χ0) is 12.9. The van der Waals surface area contributed by atoms with Crippen LogP contribution in [0.25, 0.3) is 16.9 Å². The van der Waals surface area contributed by atoms with Crippen molar-refractivity contribution in [3.8, 4) is 11.3 Å². The fourth-order valence-electron chi connectivity index (χ4n) is 2.23. The molecule has 0 aliphatic heterocycles. The van der Waals surface area contributed by atoms with Crippen molar-refractivity contribution in [2.45, 2.75) is 20.8 Å². The zero-order valence-electron chi connectivity index (χ0n) is 10.7. The second-order valence-corrected chi connectivity index (χ2v) is 6.07. The first-order valence-electron chi connectivity index (χ1n) is 5.88. The summed E-state index contributed by atoms with van der Waals surface area (Å²) in [5.41, 5.74) is 10.3. The highest BCUT2D eigenvalue weighted by Crippen LogP contribution is 2.33. The van der Waals surface area contributed by atoms with Gasteiger partial charge in [-0.1, -0.05) is 6.07 Å². The molecule has 0 fully saturated rings. The second-order valence-electron chi connectivity index (χ2n) is 4.61. The minimum absolute atomic E-state index is 0.717. The van der Waals surface area contributed by atoms with E-state index < -0.39 is 0 Å². The van der Waals surface area contributed by atoms with E-state index >= 15 is 0 Å². The summed E-state index contributed by atoms with van der Waals surface area (Å²) in [6.07, 6.45) is 2.02. The van der Waals surface area contributed by atoms with Crippen LogP contribution in [0.5, 0.6) is 0 Å². The Labute approximate surface area is 110 Å². The Morgan fingerprint density at radius 1 is 1.22 bits per heavy atom. The average molecular weight is 257 g/mol. The molecule has 0 bridgehead atoms. The molecular formula is C14H15N3S. The highest BCUT2D eigenvalue weighted by molar-refractivity contribution is 7.12. The Morgan fingerprint density at radius 3 is 2.67 bits per heavy atom. The topological polar surface area (TPSA) is 43.3 Å². The van der Waals surface area contributed by atoms with Gasteiger partial charge in [-0.25, -0.2) is 4.98 Å². The molecule has 92 valence electrons. The van der Waals surface area contributed by atoms with E-state index in [1.54, 1.807) is 11.3 Å². The van der Waals surface area contributed by atoms with Gasteiger partial charge in [-0.05, 0) is 38.5 Å². The van der Waals surface area contributed by atoms with Gasteiger partial charge in [-0.2, -0.15) is 0 Å². The lowest BCUT2D eigenvalue weighted by Gasteiger charge is -1.99. The molecule has 0 unspecified atom stereocenters. The molecular weight excluding hydrogens is 242 g/mol. The Hall–Kier alpha value is -1.81. The fourth-order valence-corrected chi connectivity index (χ4v) is 3.16. The number of fused-ring (bicyclic) bond motifs is 1. The number of imidazole rings is 1. The number of aryl methyl sites for hydroxylation is 3. The summed E-state index contributed by atoms with van der Waals surface area (Å²) in [4.78, 5) is 7.19. The molecule has 0 radical (unpaired) electrons. The number of rotatable bonds is 1. The zero-order valence-corrected chi connectivity index (χ0v) is 11.5. The average Bonchev–Trinajstić information content (AvgIpc) is 2.80. The third-order valence-electron chi connectivity index (χ3n) is 3.10. The van der Waals surface area contributed by atoms with Crippen LogP contribution in [0, 0.1) is 20.8 Å². The second kappa shape index (κ2) is 3.85. The van der Waals surface area contributed by atoms with Gasteiger partial charge >= 0.3 is 0 Å². The molecule has 0 saturated heterocycles. The summed E-state index contributed by atoms with van der Waals surface area (Å²) in [5, 5.41) is 0. The van der Waals surface area contributed by atoms with E-state index in [4.69, 9.17) is 5.73 Å². The number of nitrogens with two attached hydrogens (primary N) is 1. The third-order valence-corrected chi connectivity index (χ3v) is 4.07. The first-order valence-corrected chi connectivity index (χ1v) is 6.69. The van der Waals surface area contributed by atoms with Gasteiger partial charge in [0.25, 0.3) is 0 Å². The Balaban J connectivity index is 2.30. The number of anilines is 1. The number of aromatic nitrogens is 2. The molecule has 3 heterocycles. The van der Waals surface area contributed by atoms with Crippen LogP contribution in [0.15, 0.2) is 24.4 Å². The van der Waals surface area contributed by atoms with Gasteiger partial charge in [0.1, 0.15) is 17.2 Å². The first-order chi connectivity index (χ1) is 8.56. The van der Waals surface area contributed by atoms with Gasteiger partial charge in [0, 0.05) is 21.5 Å². The minimum atomic E-state index is 0.717. The van der Waals surface area contributed by atoms with Gasteiger partial charge in [-0.15, -0.1) is 11.3 Å². The van der Waals surface area contributed by atoms with Crippen molar-refractivity contribution in [2.24, 2.45) is 0 Å². The van der Waals surface area contributed by atoms with Crippen molar-refractivity contribution in [3.05, 3.63) is 39.7 Å². The number of hydrogen-bond acceptors (Lipinski definition) is 3. The highest BCUT2D eigenvalue weighted by Gasteiger charge is 2.14. The maximum absolute atomic E-state index is 6.22. The quantitative estimate of drug-likeness (QED) is 0.724. The maximum atomic E-state index is 6.22. The van der Waals surface area contributed by atoms with Crippen molar-refractivity contribution in [3.63, 3.8) is 0 Å². The molecule has 0 spiro atoms. The van der Waals surface area contributed by atoms with Gasteiger partial charge in [0.05, 0.1) is 0 Å². The molecule has 4 heteroatoms. The van der Waals surface area contributed by atoms with Crippen LogP contribution < -0.4 is 5.73 Å². The monoisotopic (exact) mass is 257 g/mol. The molecule has 0 saturated carbocycles. The molecule has 18 heavy (non-hydrogen) atoms. The summed E-state index contributed by atoms with van der Waals surface area (Å²) in [7, 11) is 0. The SMILES string of the molecule is Cc1ccc2nc(-c3cc(C)sc3C)c(N)n2c1. The summed E-state index contributed by atoms with van der Waals surface area (Å²) < 4.78 is 1.96. The molecule has 0 aliphatic rings. The standard InChI is InChI=1S/C14H15N3S/c1-8-4-5-12-16-13(14(15)17(12)7-8)11-6-9(2)18-10(11)3/h4-7H,15H2,1-3H3.